The summed E-state index contributed by atoms with van der Waals surface area (Å²) in [5, 5.41) is 3.79. The highest BCUT2D eigenvalue weighted by Crippen LogP contribution is 2.30. The Hall–Kier alpha value is -1.10. The topological polar surface area (TPSA) is 68.2 Å². The highest BCUT2D eigenvalue weighted by atomic mass is 16.5. The molecule has 2 rings (SSSR count). The molecule has 1 unspecified atom stereocenters. The average Bonchev–Trinajstić information content (AvgIpc) is 2.85. The second-order valence-electron chi connectivity index (χ2n) is 3.98. The summed E-state index contributed by atoms with van der Waals surface area (Å²) in [6, 6.07) is 1.30. The first kappa shape index (κ1) is 9.45. The Kier molecular flexibility index (Phi) is 2.41. The average molecular weight is 196 g/mol. The van der Waals surface area contributed by atoms with Crippen LogP contribution in [0.25, 0.3) is 0 Å². The van der Waals surface area contributed by atoms with Crippen molar-refractivity contribution in [1.29, 1.82) is 0 Å². The summed E-state index contributed by atoms with van der Waals surface area (Å²) in [5.74, 6) is 0.676. The summed E-state index contributed by atoms with van der Waals surface area (Å²) in [5.41, 5.74) is 5.77. The van der Waals surface area contributed by atoms with Gasteiger partial charge in [-0.3, -0.25) is 0 Å². The third kappa shape index (κ3) is 2.04. The fourth-order valence-corrected chi connectivity index (χ4v) is 1.48. The number of rotatable bonds is 4. The SMILES string of the molecule is Cc1noc(N(CC(C)N)C2CC2)n1. The van der Waals surface area contributed by atoms with Crippen molar-refractivity contribution in [2.45, 2.75) is 38.8 Å². The summed E-state index contributed by atoms with van der Waals surface area (Å²) in [7, 11) is 0. The number of anilines is 1. The minimum Gasteiger partial charge on any atom is -0.326 e. The Labute approximate surface area is 83.3 Å². The van der Waals surface area contributed by atoms with Crippen LogP contribution in [0.15, 0.2) is 4.52 Å². The van der Waals surface area contributed by atoms with Gasteiger partial charge in [-0.1, -0.05) is 5.16 Å². The van der Waals surface area contributed by atoms with Crippen LogP contribution in [0.3, 0.4) is 0 Å². The summed E-state index contributed by atoms with van der Waals surface area (Å²) in [6.45, 7) is 4.59. The third-order valence-electron chi connectivity index (χ3n) is 2.23. The van der Waals surface area contributed by atoms with Crippen molar-refractivity contribution < 1.29 is 4.52 Å². The quantitative estimate of drug-likeness (QED) is 0.767. The van der Waals surface area contributed by atoms with E-state index in [1.807, 2.05) is 13.8 Å². The molecule has 1 aliphatic carbocycles. The number of aryl methyl sites for hydroxylation is 1. The first-order valence-corrected chi connectivity index (χ1v) is 4.99. The first-order chi connectivity index (χ1) is 6.66. The number of aromatic nitrogens is 2. The summed E-state index contributed by atoms with van der Waals surface area (Å²) in [6.07, 6.45) is 2.41. The lowest BCUT2D eigenvalue weighted by Gasteiger charge is -2.21. The molecule has 1 aromatic heterocycles. The monoisotopic (exact) mass is 196 g/mol. The molecular weight excluding hydrogens is 180 g/mol. The third-order valence-corrected chi connectivity index (χ3v) is 2.23. The van der Waals surface area contributed by atoms with Crippen LogP contribution < -0.4 is 10.6 Å². The zero-order valence-corrected chi connectivity index (χ0v) is 8.60. The van der Waals surface area contributed by atoms with Crippen LogP contribution in [0.1, 0.15) is 25.6 Å². The van der Waals surface area contributed by atoms with Crippen molar-refractivity contribution in [2.24, 2.45) is 5.73 Å². The van der Waals surface area contributed by atoms with Crippen LogP contribution in [0.2, 0.25) is 0 Å². The van der Waals surface area contributed by atoms with Gasteiger partial charge in [0.05, 0.1) is 0 Å². The van der Waals surface area contributed by atoms with E-state index in [0.29, 0.717) is 17.9 Å². The van der Waals surface area contributed by atoms with Gasteiger partial charge in [0.2, 0.25) is 0 Å². The maximum Gasteiger partial charge on any atom is 0.324 e. The van der Waals surface area contributed by atoms with Crippen LogP contribution in [0.4, 0.5) is 6.01 Å². The predicted molar refractivity (Wildman–Crippen MR) is 53.1 cm³/mol. The van der Waals surface area contributed by atoms with E-state index in [9.17, 15) is 0 Å². The normalized spacial score (nSPS) is 18.2. The van der Waals surface area contributed by atoms with Gasteiger partial charge >= 0.3 is 6.01 Å². The Balaban J connectivity index is 2.09. The van der Waals surface area contributed by atoms with Gasteiger partial charge in [0.1, 0.15) is 0 Å². The number of hydrogen-bond donors (Lipinski definition) is 1. The summed E-state index contributed by atoms with van der Waals surface area (Å²) >= 11 is 0. The van der Waals surface area contributed by atoms with Crippen LogP contribution in [0, 0.1) is 6.92 Å². The molecular formula is C9H16N4O. The largest absolute Gasteiger partial charge is 0.326 e. The van der Waals surface area contributed by atoms with E-state index < -0.39 is 0 Å². The highest BCUT2D eigenvalue weighted by Gasteiger charge is 2.32. The van der Waals surface area contributed by atoms with Crippen molar-refractivity contribution in [3.63, 3.8) is 0 Å². The second kappa shape index (κ2) is 3.57. The minimum absolute atomic E-state index is 0.128. The van der Waals surface area contributed by atoms with Crippen molar-refractivity contribution in [1.82, 2.24) is 10.1 Å². The summed E-state index contributed by atoms with van der Waals surface area (Å²) in [4.78, 5) is 6.33. The molecule has 78 valence electrons. The fourth-order valence-electron chi connectivity index (χ4n) is 1.48. The first-order valence-electron chi connectivity index (χ1n) is 4.99. The van der Waals surface area contributed by atoms with E-state index in [4.69, 9.17) is 10.3 Å². The molecule has 0 amide bonds. The Morgan fingerprint density at radius 3 is 2.79 bits per heavy atom. The van der Waals surface area contributed by atoms with Crippen LogP contribution in [0.5, 0.6) is 0 Å². The molecule has 1 fully saturated rings. The molecule has 1 atom stereocenters. The number of nitrogens with zero attached hydrogens (tertiary/aromatic N) is 3. The zero-order chi connectivity index (χ0) is 10.1. The molecule has 2 N–H and O–H groups in total. The van der Waals surface area contributed by atoms with Gasteiger partial charge in [0.15, 0.2) is 5.82 Å². The lowest BCUT2D eigenvalue weighted by atomic mass is 10.3. The van der Waals surface area contributed by atoms with Gasteiger partial charge in [0, 0.05) is 18.6 Å². The van der Waals surface area contributed by atoms with Crippen LogP contribution in [-0.2, 0) is 0 Å². The zero-order valence-electron chi connectivity index (χ0n) is 8.60. The smallest absolute Gasteiger partial charge is 0.324 e. The van der Waals surface area contributed by atoms with E-state index >= 15 is 0 Å². The van der Waals surface area contributed by atoms with Crippen LogP contribution in [-0.4, -0.2) is 28.8 Å². The maximum atomic E-state index is 5.77. The molecule has 1 saturated carbocycles. The molecule has 0 spiro atoms. The molecule has 14 heavy (non-hydrogen) atoms. The standard InChI is InChI=1S/C9H16N4O/c1-6(10)5-13(8-3-4-8)9-11-7(2)12-14-9/h6,8H,3-5,10H2,1-2H3. The molecule has 0 aromatic carbocycles. The minimum atomic E-state index is 0.128. The molecule has 0 bridgehead atoms. The van der Waals surface area contributed by atoms with Gasteiger partial charge < -0.3 is 15.2 Å². The van der Waals surface area contributed by atoms with Gasteiger partial charge in [-0.15, -0.1) is 0 Å². The molecule has 0 radical (unpaired) electrons. The van der Waals surface area contributed by atoms with Crippen molar-refractivity contribution in [2.75, 3.05) is 11.4 Å². The molecule has 1 heterocycles. The van der Waals surface area contributed by atoms with Crippen molar-refractivity contribution in [3.8, 4) is 0 Å². The van der Waals surface area contributed by atoms with Crippen molar-refractivity contribution in [3.05, 3.63) is 5.82 Å². The second-order valence-corrected chi connectivity index (χ2v) is 3.98. The molecule has 1 aliphatic rings. The van der Waals surface area contributed by atoms with Gasteiger partial charge in [-0.25, -0.2) is 0 Å². The molecule has 0 aliphatic heterocycles. The lowest BCUT2D eigenvalue weighted by Crippen LogP contribution is -2.37. The van der Waals surface area contributed by atoms with E-state index in [1.165, 1.54) is 12.8 Å². The molecule has 1 aromatic rings. The van der Waals surface area contributed by atoms with Gasteiger partial charge in [-0.2, -0.15) is 4.98 Å². The highest BCUT2D eigenvalue weighted by molar-refractivity contribution is 5.30. The Morgan fingerprint density at radius 1 is 1.64 bits per heavy atom. The van der Waals surface area contributed by atoms with E-state index in [0.717, 1.165) is 6.54 Å². The number of hydrogen-bond acceptors (Lipinski definition) is 5. The Morgan fingerprint density at radius 2 is 2.36 bits per heavy atom. The lowest BCUT2D eigenvalue weighted by molar-refractivity contribution is 0.404. The number of nitrogens with two attached hydrogens (primary N) is 1. The summed E-state index contributed by atoms with van der Waals surface area (Å²) < 4.78 is 5.14. The van der Waals surface area contributed by atoms with E-state index in [1.54, 1.807) is 0 Å². The van der Waals surface area contributed by atoms with E-state index in [2.05, 4.69) is 15.0 Å². The molecule has 5 heteroatoms. The molecule has 5 nitrogen and oxygen atoms in total. The van der Waals surface area contributed by atoms with Crippen LogP contribution >= 0.6 is 0 Å². The van der Waals surface area contributed by atoms with E-state index in [-0.39, 0.29) is 6.04 Å². The molecule has 0 saturated heterocycles. The van der Waals surface area contributed by atoms with Gasteiger partial charge in [-0.05, 0) is 26.7 Å². The van der Waals surface area contributed by atoms with Crippen molar-refractivity contribution >= 4 is 6.01 Å². The maximum absolute atomic E-state index is 5.77. The van der Waals surface area contributed by atoms with Gasteiger partial charge in [0.25, 0.3) is 0 Å². The Bertz CT molecular complexity index is 306. The predicted octanol–water partition coefficient (Wildman–Crippen LogP) is 0.694. The fraction of sp³-hybridized carbons (Fsp3) is 0.778.